The van der Waals surface area contributed by atoms with E-state index in [0.29, 0.717) is 36.1 Å². The Hall–Kier alpha value is -2.15. The van der Waals surface area contributed by atoms with E-state index in [-0.39, 0.29) is 18.5 Å². The molecule has 0 bridgehead atoms. The third-order valence-electron chi connectivity index (χ3n) is 5.31. The lowest BCUT2D eigenvalue weighted by molar-refractivity contribution is -0.133. The molecule has 6 nitrogen and oxygen atoms in total. The summed E-state index contributed by atoms with van der Waals surface area (Å²) in [6.45, 7) is 4.16. The summed E-state index contributed by atoms with van der Waals surface area (Å²) in [5.74, 6) is 1.66. The highest BCUT2D eigenvalue weighted by molar-refractivity contribution is 7.13. The molecule has 1 aliphatic carbocycles. The Balaban J connectivity index is 1.55. The first-order valence-corrected chi connectivity index (χ1v) is 9.51. The summed E-state index contributed by atoms with van der Waals surface area (Å²) >= 11 is 1.54. The number of oxazole rings is 1. The van der Waals surface area contributed by atoms with E-state index in [4.69, 9.17) is 4.42 Å². The van der Waals surface area contributed by atoms with Crippen molar-refractivity contribution in [3.8, 4) is 10.8 Å². The summed E-state index contributed by atoms with van der Waals surface area (Å²) < 4.78 is 5.72. The van der Waals surface area contributed by atoms with Crippen LogP contribution in [0.15, 0.2) is 21.9 Å². The molecule has 25 heavy (non-hydrogen) atoms. The molecule has 1 spiro atoms. The van der Waals surface area contributed by atoms with E-state index in [1.54, 1.807) is 11.3 Å². The second-order valence-electron chi connectivity index (χ2n) is 7.09. The van der Waals surface area contributed by atoms with Crippen molar-refractivity contribution in [2.75, 3.05) is 0 Å². The Labute approximate surface area is 150 Å². The van der Waals surface area contributed by atoms with Crippen LogP contribution in [-0.2, 0) is 11.3 Å². The second-order valence-corrected chi connectivity index (χ2v) is 8.03. The van der Waals surface area contributed by atoms with Crippen LogP contribution >= 0.6 is 11.3 Å². The van der Waals surface area contributed by atoms with Crippen LogP contribution < -0.4 is 5.32 Å². The fourth-order valence-electron chi connectivity index (χ4n) is 3.64. The van der Waals surface area contributed by atoms with E-state index in [2.05, 4.69) is 17.2 Å². The second kappa shape index (κ2) is 5.98. The number of rotatable bonds is 3. The lowest BCUT2D eigenvalue weighted by atomic mass is 9.77. The third-order valence-corrected chi connectivity index (χ3v) is 6.16. The molecule has 4 rings (SSSR count). The smallest absolute Gasteiger partial charge is 0.325 e. The number of carbonyl (C=O) groups is 2. The van der Waals surface area contributed by atoms with Gasteiger partial charge in [-0.05, 0) is 50.0 Å². The van der Waals surface area contributed by atoms with Crippen molar-refractivity contribution in [3.05, 3.63) is 29.0 Å². The molecule has 7 heteroatoms. The van der Waals surface area contributed by atoms with Gasteiger partial charge in [0.05, 0.1) is 11.4 Å². The van der Waals surface area contributed by atoms with Gasteiger partial charge in [-0.1, -0.05) is 13.0 Å². The SMILES string of the molecule is Cc1oc(-c2cccs2)nc1CN1C(=O)NC2(CCC(C)CC2)C1=O. The van der Waals surface area contributed by atoms with Crippen LogP contribution in [-0.4, -0.2) is 27.4 Å². The van der Waals surface area contributed by atoms with Crippen LogP contribution in [0.4, 0.5) is 4.79 Å². The molecule has 0 aromatic carbocycles. The summed E-state index contributed by atoms with van der Waals surface area (Å²) in [6, 6.07) is 3.55. The van der Waals surface area contributed by atoms with Gasteiger partial charge in [0.25, 0.3) is 5.91 Å². The topological polar surface area (TPSA) is 75.4 Å². The Morgan fingerprint density at radius 3 is 2.84 bits per heavy atom. The van der Waals surface area contributed by atoms with Crippen molar-refractivity contribution in [3.63, 3.8) is 0 Å². The molecule has 2 aromatic heterocycles. The van der Waals surface area contributed by atoms with Crippen LogP contribution in [0.5, 0.6) is 0 Å². The summed E-state index contributed by atoms with van der Waals surface area (Å²) in [7, 11) is 0. The molecule has 1 saturated heterocycles. The Kier molecular flexibility index (Phi) is 3.91. The zero-order valence-corrected chi connectivity index (χ0v) is 15.2. The van der Waals surface area contributed by atoms with Gasteiger partial charge in [-0.25, -0.2) is 9.78 Å². The van der Waals surface area contributed by atoms with Gasteiger partial charge in [0.1, 0.15) is 17.0 Å². The predicted molar refractivity (Wildman–Crippen MR) is 94.0 cm³/mol. The summed E-state index contributed by atoms with van der Waals surface area (Å²) in [5.41, 5.74) is -0.0780. The van der Waals surface area contributed by atoms with Crippen molar-refractivity contribution in [2.24, 2.45) is 5.92 Å². The quantitative estimate of drug-likeness (QED) is 0.848. The molecular weight excluding hydrogens is 338 g/mol. The zero-order chi connectivity index (χ0) is 17.6. The van der Waals surface area contributed by atoms with Crippen LogP contribution in [0, 0.1) is 12.8 Å². The molecule has 1 N–H and O–H groups in total. The van der Waals surface area contributed by atoms with Crippen LogP contribution in [0.1, 0.15) is 44.1 Å². The van der Waals surface area contributed by atoms with Gasteiger partial charge in [0, 0.05) is 0 Å². The molecular formula is C18H21N3O3S. The van der Waals surface area contributed by atoms with E-state index >= 15 is 0 Å². The Morgan fingerprint density at radius 1 is 1.40 bits per heavy atom. The summed E-state index contributed by atoms with van der Waals surface area (Å²) in [5, 5.41) is 4.90. The predicted octanol–water partition coefficient (Wildman–Crippen LogP) is 3.71. The number of urea groups is 1. The number of hydrogen-bond acceptors (Lipinski definition) is 5. The first kappa shape index (κ1) is 16.3. The minimum Gasteiger partial charge on any atom is -0.440 e. The van der Waals surface area contributed by atoms with Crippen LogP contribution in [0.3, 0.4) is 0 Å². The number of hydrogen-bond donors (Lipinski definition) is 1. The van der Waals surface area contributed by atoms with Gasteiger partial charge in [0.15, 0.2) is 0 Å². The fraction of sp³-hybridized carbons (Fsp3) is 0.500. The number of amides is 3. The van der Waals surface area contributed by atoms with E-state index in [1.165, 1.54) is 4.90 Å². The van der Waals surface area contributed by atoms with Crippen LogP contribution in [0.25, 0.3) is 10.8 Å². The maximum Gasteiger partial charge on any atom is 0.325 e. The molecule has 0 unspecified atom stereocenters. The number of aromatic nitrogens is 1. The molecule has 132 valence electrons. The molecule has 3 amide bonds. The number of nitrogens with zero attached hydrogens (tertiary/aromatic N) is 2. The van der Waals surface area contributed by atoms with E-state index < -0.39 is 5.54 Å². The summed E-state index contributed by atoms with van der Waals surface area (Å²) in [6.07, 6.45) is 3.36. The Bertz CT molecular complexity index is 804. The third kappa shape index (κ3) is 2.76. The maximum absolute atomic E-state index is 12.9. The number of imide groups is 1. The van der Waals surface area contributed by atoms with E-state index in [1.807, 2.05) is 24.4 Å². The molecule has 2 aliphatic rings. The molecule has 1 aliphatic heterocycles. The molecule has 2 fully saturated rings. The standard InChI is InChI=1S/C18H21N3O3S/c1-11-5-7-18(8-6-11)16(22)21(17(23)20-18)10-13-12(2)24-15(19-13)14-4-3-9-25-14/h3-4,9,11H,5-8,10H2,1-2H3,(H,20,23). The highest BCUT2D eigenvalue weighted by Gasteiger charge is 2.52. The van der Waals surface area contributed by atoms with Crippen LogP contribution in [0.2, 0.25) is 0 Å². The summed E-state index contributed by atoms with van der Waals surface area (Å²) in [4.78, 5) is 32.1. The molecule has 0 atom stereocenters. The molecule has 3 heterocycles. The van der Waals surface area contributed by atoms with Crippen molar-refractivity contribution >= 4 is 23.3 Å². The average Bonchev–Trinajstić information content (AvgIpc) is 3.28. The lowest BCUT2D eigenvalue weighted by Crippen LogP contribution is -2.49. The van der Waals surface area contributed by atoms with Crippen molar-refractivity contribution in [1.29, 1.82) is 0 Å². The number of nitrogens with one attached hydrogen (secondary N) is 1. The molecule has 2 aromatic rings. The van der Waals surface area contributed by atoms with Crippen molar-refractivity contribution < 1.29 is 14.0 Å². The van der Waals surface area contributed by atoms with Gasteiger partial charge in [-0.2, -0.15) is 0 Å². The van der Waals surface area contributed by atoms with Gasteiger partial charge < -0.3 is 9.73 Å². The first-order valence-electron chi connectivity index (χ1n) is 8.63. The van der Waals surface area contributed by atoms with Gasteiger partial charge in [-0.3, -0.25) is 9.69 Å². The largest absolute Gasteiger partial charge is 0.440 e. The number of thiophene rings is 1. The van der Waals surface area contributed by atoms with Crippen molar-refractivity contribution in [2.45, 2.75) is 51.6 Å². The normalized spacial score (nSPS) is 26.5. The zero-order valence-electron chi connectivity index (χ0n) is 14.4. The van der Waals surface area contributed by atoms with Crippen molar-refractivity contribution in [1.82, 2.24) is 15.2 Å². The minimum absolute atomic E-state index is 0.121. The number of aryl methyl sites for hydroxylation is 1. The van der Waals surface area contributed by atoms with Gasteiger partial charge >= 0.3 is 6.03 Å². The Morgan fingerprint density at radius 2 is 2.16 bits per heavy atom. The fourth-order valence-corrected chi connectivity index (χ4v) is 4.29. The van der Waals surface area contributed by atoms with E-state index in [9.17, 15) is 9.59 Å². The highest BCUT2D eigenvalue weighted by Crippen LogP contribution is 2.37. The first-order chi connectivity index (χ1) is 12.0. The van der Waals surface area contributed by atoms with Gasteiger partial charge in [0.2, 0.25) is 5.89 Å². The monoisotopic (exact) mass is 359 g/mol. The van der Waals surface area contributed by atoms with E-state index in [0.717, 1.165) is 17.7 Å². The lowest BCUT2D eigenvalue weighted by Gasteiger charge is -2.33. The van der Waals surface area contributed by atoms with Gasteiger partial charge in [-0.15, -0.1) is 11.3 Å². The number of carbonyl (C=O) groups excluding carboxylic acids is 2. The maximum atomic E-state index is 12.9. The highest BCUT2D eigenvalue weighted by atomic mass is 32.1. The molecule has 1 saturated carbocycles. The minimum atomic E-state index is -0.711. The average molecular weight is 359 g/mol. The molecule has 0 radical (unpaired) electrons.